The molecule has 6 heteroatoms. The van der Waals surface area contributed by atoms with Crippen molar-refractivity contribution in [1.29, 1.82) is 0 Å². The highest BCUT2D eigenvalue weighted by atomic mass is 79.9. The lowest BCUT2D eigenvalue weighted by atomic mass is 10.6. The summed E-state index contributed by atoms with van der Waals surface area (Å²) >= 11 is 3.57. The lowest BCUT2D eigenvalue weighted by Crippen LogP contribution is -1.79. The second kappa shape index (κ2) is 3.36. The molecule has 0 atom stereocenters. The highest BCUT2D eigenvalue weighted by Gasteiger charge is 2.15. The molecule has 0 aliphatic rings. The Hall–Kier alpha value is -0.360. The van der Waals surface area contributed by atoms with Crippen LogP contribution in [0.15, 0.2) is 4.60 Å². The van der Waals surface area contributed by atoms with Crippen molar-refractivity contribution in [2.45, 2.75) is 6.43 Å². The topological polar surface area (TPSA) is 30.0 Å². The summed E-state index contributed by atoms with van der Waals surface area (Å²) in [6.45, 7) is 0. The zero-order valence-electron chi connectivity index (χ0n) is 5.05. The summed E-state index contributed by atoms with van der Waals surface area (Å²) in [5, 5.41) is -0.334. The number of aromatic nitrogens is 1. The van der Waals surface area contributed by atoms with Gasteiger partial charge in [0.05, 0.1) is 0 Å². The van der Waals surface area contributed by atoms with E-state index in [1.54, 1.807) is 0 Å². The Kier molecular flexibility index (Phi) is 2.67. The molecule has 0 saturated carbocycles. The van der Waals surface area contributed by atoms with Crippen LogP contribution in [0.4, 0.5) is 8.78 Å². The monoisotopic (exact) mass is 241 g/mol. The van der Waals surface area contributed by atoms with Gasteiger partial charge in [-0.1, -0.05) is 0 Å². The molecule has 0 saturated heterocycles. The van der Waals surface area contributed by atoms with Gasteiger partial charge in [0.15, 0.2) is 11.3 Å². The van der Waals surface area contributed by atoms with Gasteiger partial charge in [-0.25, -0.2) is 13.8 Å². The number of hydrogen-bond donors (Lipinski definition) is 0. The van der Waals surface area contributed by atoms with E-state index >= 15 is 0 Å². The van der Waals surface area contributed by atoms with Crippen LogP contribution in [0.5, 0.6) is 0 Å². The minimum absolute atomic E-state index is 0.188. The standard InChI is InChI=1S/C5H2BrF2NOS/c6-3-2(1-10)11-5(9-3)4(7)8/h1,4H. The van der Waals surface area contributed by atoms with Crippen molar-refractivity contribution in [2.24, 2.45) is 0 Å². The van der Waals surface area contributed by atoms with E-state index in [4.69, 9.17) is 0 Å². The zero-order chi connectivity index (χ0) is 8.43. The number of carbonyl (C=O) groups is 1. The Morgan fingerprint density at radius 3 is 2.55 bits per heavy atom. The van der Waals surface area contributed by atoms with Gasteiger partial charge in [-0.3, -0.25) is 4.79 Å². The number of halogens is 3. The van der Waals surface area contributed by atoms with Crippen molar-refractivity contribution in [1.82, 2.24) is 4.98 Å². The van der Waals surface area contributed by atoms with Crippen LogP contribution in [-0.4, -0.2) is 11.3 Å². The molecular formula is C5H2BrF2NOS. The maximum Gasteiger partial charge on any atom is 0.289 e. The predicted molar refractivity (Wildman–Crippen MR) is 40.2 cm³/mol. The third-order valence-corrected chi connectivity index (χ3v) is 2.77. The van der Waals surface area contributed by atoms with Crippen molar-refractivity contribution >= 4 is 33.6 Å². The normalized spacial score (nSPS) is 10.5. The Balaban J connectivity index is 3.04. The summed E-state index contributed by atoms with van der Waals surface area (Å²) in [7, 11) is 0. The summed E-state index contributed by atoms with van der Waals surface area (Å²) < 4.78 is 24.0. The fourth-order valence-electron chi connectivity index (χ4n) is 0.495. The van der Waals surface area contributed by atoms with E-state index in [1.165, 1.54) is 0 Å². The average molecular weight is 242 g/mol. The largest absolute Gasteiger partial charge is 0.297 e. The molecule has 1 aromatic rings. The van der Waals surface area contributed by atoms with Gasteiger partial charge < -0.3 is 0 Å². The number of alkyl halides is 2. The fourth-order valence-corrected chi connectivity index (χ4v) is 1.77. The molecule has 0 N–H and O–H groups in total. The minimum atomic E-state index is -2.61. The Morgan fingerprint density at radius 1 is 1.64 bits per heavy atom. The summed E-state index contributed by atoms with van der Waals surface area (Å²) in [5.74, 6) is 0. The van der Waals surface area contributed by atoms with Crippen molar-refractivity contribution in [3.8, 4) is 0 Å². The molecule has 0 aliphatic heterocycles. The van der Waals surface area contributed by atoms with E-state index in [0.717, 1.165) is 0 Å². The summed E-state index contributed by atoms with van der Waals surface area (Å²) in [6.07, 6.45) is -2.11. The molecule has 0 radical (unpaired) electrons. The molecule has 0 bridgehead atoms. The van der Waals surface area contributed by atoms with Crippen LogP contribution in [0.25, 0.3) is 0 Å². The SMILES string of the molecule is O=Cc1sc(C(F)F)nc1Br. The molecule has 1 rings (SSSR count). The molecule has 11 heavy (non-hydrogen) atoms. The second-order valence-corrected chi connectivity index (χ2v) is 3.44. The van der Waals surface area contributed by atoms with Crippen molar-refractivity contribution in [3.63, 3.8) is 0 Å². The van der Waals surface area contributed by atoms with Crippen molar-refractivity contribution in [2.75, 3.05) is 0 Å². The van der Waals surface area contributed by atoms with Crippen LogP contribution in [-0.2, 0) is 0 Å². The molecule has 2 nitrogen and oxygen atoms in total. The maximum atomic E-state index is 11.9. The summed E-state index contributed by atoms with van der Waals surface area (Å²) in [4.78, 5) is 13.8. The first-order chi connectivity index (χ1) is 5.15. The van der Waals surface area contributed by atoms with Gasteiger partial charge in [-0.15, -0.1) is 11.3 Å². The third kappa shape index (κ3) is 1.81. The van der Waals surface area contributed by atoms with Gasteiger partial charge in [0.25, 0.3) is 6.43 Å². The fraction of sp³-hybridized carbons (Fsp3) is 0.200. The van der Waals surface area contributed by atoms with E-state index in [1.807, 2.05) is 0 Å². The van der Waals surface area contributed by atoms with E-state index in [-0.39, 0.29) is 14.5 Å². The first kappa shape index (κ1) is 8.73. The highest BCUT2D eigenvalue weighted by Crippen LogP contribution is 2.28. The minimum Gasteiger partial charge on any atom is -0.297 e. The summed E-state index contributed by atoms with van der Waals surface area (Å²) in [5.41, 5.74) is 0. The quantitative estimate of drug-likeness (QED) is 0.746. The molecule has 1 aromatic heterocycles. The van der Waals surface area contributed by atoms with Gasteiger partial charge in [0.1, 0.15) is 9.48 Å². The van der Waals surface area contributed by atoms with Crippen LogP contribution in [0.3, 0.4) is 0 Å². The van der Waals surface area contributed by atoms with E-state index < -0.39 is 6.43 Å². The molecule has 0 aromatic carbocycles. The smallest absolute Gasteiger partial charge is 0.289 e. The molecule has 60 valence electrons. The van der Waals surface area contributed by atoms with Crippen LogP contribution in [0, 0.1) is 0 Å². The van der Waals surface area contributed by atoms with E-state index in [2.05, 4.69) is 20.9 Å². The van der Waals surface area contributed by atoms with Gasteiger partial charge in [0.2, 0.25) is 0 Å². The Morgan fingerprint density at radius 2 is 2.27 bits per heavy atom. The number of aldehydes is 1. The summed E-state index contributed by atoms with van der Waals surface area (Å²) in [6, 6.07) is 0. The van der Waals surface area contributed by atoms with Gasteiger partial charge in [0, 0.05) is 0 Å². The predicted octanol–water partition coefficient (Wildman–Crippen LogP) is 2.66. The first-order valence-electron chi connectivity index (χ1n) is 2.54. The van der Waals surface area contributed by atoms with Crippen LogP contribution < -0.4 is 0 Å². The molecule has 1 heterocycles. The Bertz CT molecular complexity index is 275. The van der Waals surface area contributed by atoms with Crippen molar-refractivity contribution < 1.29 is 13.6 Å². The number of nitrogens with zero attached hydrogens (tertiary/aromatic N) is 1. The molecule has 0 unspecified atom stereocenters. The molecular weight excluding hydrogens is 240 g/mol. The van der Waals surface area contributed by atoms with Gasteiger partial charge >= 0.3 is 0 Å². The number of rotatable bonds is 2. The average Bonchev–Trinajstić information content (AvgIpc) is 2.31. The van der Waals surface area contributed by atoms with Crippen LogP contribution in [0.1, 0.15) is 21.1 Å². The molecule has 0 aliphatic carbocycles. The number of carbonyl (C=O) groups excluding carboxylic acids is 1. The lowest BCUT2D eigenvalue weighted by molar-refractivity contribution is 0.112. The van der Waals surface area contributed by atoms with E-state index in [0.29, 0.717) is 17.6 Å². The maximum absolute atomic E-state index is 11.9. The van der Waals surface area contributed by atoms with E-state index in [9.17, 15) is 13.6 Å². The zero-order valence-corrected chi connectivity index (χ0v) is 7.45. The molecule has 0 amide bonds. The van der Waals surface area contributed by atoms with Crippen LogP contribution in [0.2, 0.25) is 0 Å². The molecule has 0 spiro atoms. The van der Waals surface area contributed by atoms with Gasteiger partial charge in [-0.05, 0) is 15.9 Å². The van der Waals surface area contributed by atoms with Crippen molar-refractivity contribution in [3.05, 3.63) is 14.5 Å². The number of hydrogen-bond acceptors (Lipinski definition) is 3. The molecule has 0 fully saturated rings. The second-order valence-electron chi connectivity index (χ2n) is 1.63. The third-order valence-electron chi connectivity index (χ3n) is 0.920. The Labute approximate surface area is 73.4 Å². The number of thiazole rings is 1. The van der Waals surface area contributed by atoms with Crippen LogP contribution >= 0.6 is 27.3 Å². The highest BCUT2D eigenvalue weighted by molar-refractivity contribution is 9.10. The van der Waals surface area contributed by atoms with Gasteiger partial charge in [-0.2, -0.15) is 0 Å². The lowest BCUT2D eigenvalue weighted by Gasteiger charge is -1.86. The first-order valence-corrected chi connectivity index (χ1v) is 4.15.